The van der Waals surface area contributed by atoms with Crippen LogP contribution in [0, 0.1) is 12.8 Å². The van der Waals surface area contributed by atoms with Crippen LogP contribution in [0.2, 0.25) is 0 Å². The van der Waals surface area contributed by atoms with E-state index in [1.165, 1.54) is 59.8 Å². The fraction of sp³-hybridized carbons (Fsp3) is 0.288. The van der Waals surface area contributed by atoms with E-state index < -0.39 is 78.2 Å². The summed E-state index contributed by atoms with van der Waals surface area (Å²) in [4.78, 5) is 145. The Morgan fingerprint density at radius 3 is 2.16 bits per heavy atom. The summed E-state index contributed by atoms with van der Waals surface area (Å²) < 4.78 is 0. The van der Waals surface area contributed by atoms with Crippen molar-refractivity contribution >= 4 is 127 Å². The van der Waals surface area contributed by atoms with Crippen LogP contribution in [0.25, 0.3) is 43.4 Å². The number of hydrogen-bond acceptors (Lipinski definition) is 24. The number of unbranched alkanes of at least 4 members (excludes halogenated alkanes) is 2. The van der Waals surface area contributed by atoms with Crippen molar-refractivity contribution in [3.8, 4) is 43.4 Å². The number of aromatic carboxylic acids is 1. The highest BCUT2D eigenvalue weighted by atomic mass is 32.2. The minimum atomic E-state index is -1.32. The summed E-state index contributed by atoms with van der Waals surface area (Å²) in [5.41, 5.74) is 2.57. The van der Waals surface area contributed by atoms with Gasteiger partial charge in [0.15, 0.2) is 0 Å². The number of benzene rings is 1. The smallest absolute Gasteiger partial charge is 0.337 e. The van der Waals surface area contributed by atoms with Crippen molar-refractivity contribution in [1.29, 1.82) is 0 Å². The van der Waals surface area contributed by atoms with E-state index in [1.54, 1.807) is 70.9 Å². The Kier molecular flexibility index (Phi) is 21.2. The van der Waals surface area contributed by atoms with Crippen molar-refractivity contribution in [3.05, 3.63) is 141 Å². The van der Waals surface area contributed by atoms with Gasteiger partial charge in [0.05, 0.1) is 41.3 Å². The highest BCUT2D eigenvalue weighted by molar-refractivity contribution is 7.98. The molecule has 9 heterocycles. The summed E-state index contributed by atoms with van der Waals surface area (Å²) >= 11 is 8.23. The molecule has 8 aromatic heterocycles. The Bertz CT molecular complexity index is 4180. The first-order valence-electron chi connectivity index (χ1n) is 28.1. The molecule has 6 amide bonds. The fourth-order valence-corrected chi connectivity index (χ4v) is 15.6. The Labute approximate surface area is 547 Å². The molecule has 32 heteroatoms. The second kappa shape index (κ2) is 29.5. The highest BCUT2D eigenvalue weighted by Crippen LogP contribution is 2.40. The van der Waals surface area contributed by atoms with E-state index in [0.717, 1.165) is 45.3 Å². The van der Waals surface area contributed by atoms with Gasteiger partial charge in [0.2, 0.25) is 11.8 Å². The van der Waals surface area contributed by atoms with Gasteiger partial charge < -0.3 is 47.2 Å². The zero-order valence-corrected chi connectivity index (χ0v) is 54.4. The number of amides is 6. The molecule has 1 aromatic carbocycles. The number of nitrogens with zero attached hydrogens (tertiary/aromatic N) is 8. The van der Waals surface area contributed by atoms with Gasteiger partial charge in [0.25, 0.3) is 23.6 Å². The summed E-state index contributed by atoms with van der Waals surface area (Å²) in [6, 6.07) is 12.1. The average molecular weight is 1360 g/mol. The molecule has 1 aliphatic heterocycles. The number of thioether (sulfide) groups is 1. The number of hydrogen-bond donors (Lipinski definition) is 9. The van der Waals surface area contributed by atoms with Crippen LogP contribution in [-0.2, 0) is 20.1 Å². The monoisotopic (exact) mass is 1360 g/mol. The molecule has 9 aromatic rings. The predicted octanol–water partition coefficient (Wildman–Crippen LogP) is 8.93. The molecule has 25 nitrogen and oxygen atoms in total. The van der Waals surface area contributed by atoms with Gasteiger partial charge in [-0.15, -0.1) is 79.8 Å². The van der Waals surface area contributed by atoms with Crippen LogP contribution in [-0.4, -0.2) is 123 Å². The van der Waals surface area contributed by atoms with Crippen LogP contribution >= 0.6 is 79.8 Å². The third-order valence-electron chi connectivity index (χ3n) is 13.9. The summed E-state index contributed by atoms with van der Waals surface area (Å²) in [5, 5.41) is 56.7. The van der Waals surface area contributed by atoms with Crippen molar-refractivity contribution in [2.24, 2.45) is 5.92 Å². The molecule has 4 unspecified atom stereocenters. The maximum absolute atomic E-state index is 14.5. The molecule has 0 saturated carbocycles. The minimum absolute atomic E-state index is 0.000645. The highest BCUT2D eigenvalue weighted by Gasteiger charge is 2.33. The molecule has 0 aliphatic carbocycles. The minimum Gasteiger partial charge on any atom is -0.481 e. The number of aromatic nitrogens is 8. The Balaban J connectivity index is 1.02. The standard InChI is InChI=1S/C59H56N14O11S7/c1-27(2)43-58-73-46(38(91-58)26-85-41-17-14-30(20-62-41)59(83)84)51(81)63-21-40(75)70-47(48(78)29-11-7-5-8-12-29)57-69-37(25-89-57)55-66-34(22-87-55)45-31(15-16-32(64-45)54-68-35(23-88-54)49(79)61-18-10-6-9-13-42(76)77)53-67-36(24-86-53)50(80)65-33(19-39(74)60-4)56-72-44(28(3)90-56)52(82)71-43/h5,7-8,11-12,14-17,20,22-25,27,33,43,47-48,78H,6,9-10,13,18-19,21,26H2,1-4H3,(H,60,74)(H,61,79)(H,63,81)(H,65,80)(H,70,75)(H,71,82)(H,76,77)(H,83,84). The second-order valence-corrected chi connectivity index (χ2v) is 27.5. The average Bonchev–Trinajstić information content (AvgIpc) is 1.89. The SMILES string of the molecule is CNC(=O)CC1NC(=O)c2csc(n2)-c2ccc(-c3nc(C(=O)NCCCCCC(=O)O)cs3)nc2-c2csc(n2)-c2csc(n2)C(C(O)c2ccccc2)NC(=O)CNC(=O)c2nc(sc2CSc2ccc(C(=O)O)cn2)C(C(C)C)NC(=O)c2nc1sc2C. The van der Waals surface area contributed by atoms with E-state index in [2.05, 4.69) is 41.9 Å². The van der Waals surface area contributed by atoms with Crippen LogP contribution in [0.4, 0.5) is 0 Å². The van der Waals surface area contributed by atoms with Crippen molar-refractivity contribution in [1.82, 2.24) is 71.8 Å². The molecule has 9 N–H and O–H groups in total. The molecule has 0 saturated heterocycles. The van der Waals surface area contributed by atoms with Gasteiger partial charge in [0, 0.05) is 68.8 Å². The van der Waals surface area contributed by atoms with Crippen molar-refractivity contribution in [2.45, 2.75) is 87.9 Å². The summed E-state index contributed by atoms with van der Waals surface area (Å²) in [6.45, 7) is 5.16. The van der Waals surface area contributed by atoms with E-state index in [4.69, 9.17) is 35.0 Å². The Hall–Kier alpha value is -8.63. The van der Waals surface area contributed by atoms with Gasteiger partial charge in [0.1, 0.15) is 82.0 Å². The van der Waals surface area contributed by atoms with Crippen LogP contribution in [0.1, 0.15) is 153 Å². The summed E-state index contributed by atoms with van der Waals surface area (Å²) in [7, 11) is 1.46. The normalized spacial score (nSPS) is 15.8. The van der Waals surface area contributed by atoms with Crippen molar-refractivity contribution in [2.75, 3.05) is 20.1 Å². The number of carboxylic acids is 2. The third kappa shape index (κ3) is 15.9. The number of pyridine rings is 2. The van der Waals surface area contributed by atoms with E-state index in [0.29, 0.717) is 99.5 Å². The number of aliphatic hydroxyl groups excluding tert-OH is 1. The number of aliphatic hydroxyl groups is 1. The van der Waals surface area contributed by atoms with Crippen molar-refractivity contribution < 1.29 is 53.7 Å². The molecular weight excluding hydrogens is 1310 g/mol. The molecule has 1 aliphatic rings. The van der Waals surface area contributed by atoms with Crippen LogP contribution in [0.5, 0.6) is 0 Å². The van der Waals surface area contributed by atoms with Gasteiger partial charge >= 0.3 is 11.9 Å². The zero-order chi connectivity index (χ0) is 64.5. The number of aliphatic carboxylic acids is 1. The first-order chi connectivity index (χ1) is 43.8. The van der Waals surface area contributed by atoms with Gasteiger partial charge in [-0.3, -0.25) is 33.6 Å². The van der Waals surface area contributed by atoms with Gasteiger partial charge in [-0.1, -0.05) is 50.6 Å². The maximum Gasteiger partial charge on any atom is 0.337 e. The lowest BCUT2D eigenvalue weighted by atomic mass is 10.0. The van der Waals surface area contributed by atoms with E-state index in [1.807, 2.05) is 13.8 Å². The lowest BCUT2D eigenvalue weighted by molar-refractivity contribution is -0.137. The van der Waals surface area contributed by atoms with Crippen LogP contribution in [0.3, 0.4) is 0 Å². The maximum atomic E-state index is 14.5. The van der Waals surface area contributed by atoms with Gasteiger partial charge in [-0.25, -0.2) is 44.7 Å². The lowest BCUT2D eigenvalue weighted by Gasteiger charge is -2.23. The number of thiazole rings is 6. The van der Waals surface area contributed by atoms with Gasteiger partial charge in [-0.2, -0.15) is 0 Å². The largest absolute Gasteiger partial charge is 0.481 e. The van der Waals surface area contributed by atoms with Gasteiger partial charge in [-0.05, 0) is 55.5 Å². The quantitative estimate of drug-likeness (QED) is 0.0303. The Morgan fingerprint density at radius 2 is 1.42 bits per heavy atom. The molecule has 470 valence electrons. The topological polar surface area (TPSA) is 373 Å². The van der Waals surface area contributed by atoms with Crippen LogP contribution < -0.4 is 31.9 Å². The number of carboxylic acid groups (broad SMARTS) is 2. The summed E-state index contributed by atoms with van der Waals surface area (Å²) in [6.07, 6.45) is 1.40. The third-order valence-corrected chi connectivity index (χ3v) is 20.8. The number of carbonyl (C=O) groups excluding carboxylic acids is 6. The number of rotatable bonds is 17. The van der Waals surface area contributed by atoms with Crippen LogP contribution in [0.15, 0.2) is 87.3 Å². The van der Waals surface area contributed by atoms with E-state index in [-0.39, 0.29) is 57.9 Å². The Morgan fingerprint density at radius 1 is 0.681 bits per heavy atom. The summed E-state index contributed by atoms with van der Waals surface area (Å²) in [5.74, 6) is -5.70. The predicted molar refractivity (Wildman–Crippen MR) is 345 cm³/mol. The lowest BCUT2D eigenvalue weighted by Crippen LogP contribution is -2.40. The molecule has 91 heavy (non-hydrogen) atoms. The number of nitrogens with one attached hydrogen (secondary N) is 6. The number of carbonyl (C=O) groups is 8. The fourth-order valence-electron chi connectivity index (χ4n) is 9.16. The van der Waals surface area contributed by atoms with E-state index >= 15 is 0 Å². The second-order valence-electron chi connectivity index (χ2n) is 20.7. The molecule has 0 radical (unpaired) electrons. The first-order valence-corrected chi connectivity index (χ1v) is 34.2. The van der Waals surface area contributed by atoms with Crippen molar-refractivity contribution in [3.63, 3.8) is 0 Å². The first kappa shape index (κ1) is 65.3. The molecule has 10 bridgehead atoms. The zero-order valence-electron chi connectivity index (χ0n) is 48.7. The number of aryl methyl sites for hydroxylation is 1. The molecule has 10 rings (SSSR count). The molecule has 4 atom stereocenters. The molecule has 0 fully saturated rings. The number of fused-ring (bicyclic) bond motifs is 14. The van der Waals surface area contributed by atoms with E-state index in [9.17, 15) is 48.6 Å². The molecular formula is C59H56N14O11S7. The molecule has 0 spiro atoms.